The van der Waals surface area contributed by atoms with Crippen LogP contribution in [0.25, 0.3) is 10.8 Å². The molecule has 1 N–H and O–H groups in total. The van der Waals surface area contributed by atoms with Gasteiger partial charge in [0.05, 0.1) is 43.2 Å². The molecule has 10 atom stereocenters. The van der Waals surface area contributed by atoms with Crippen LogP contribution in [0, 0.1) is 11.8 Å². The molecule has 3 aromatic carbocycles. The molecule has 2 aliphatic heterocycles. The normalized spacial score (nSPS) is 31.8. The fraction of sp³-hybridized carbons (Fsp3) is 0.628. The monoisotopic (exact) mass is 672 g/mol. The lowest BCUT2D eigenvalue weighted by atomic mass is 9.70. The SMILES string of the molecule is CCC1CC(CC(O)CC2CC(CC3CC(C)O[C@@H](c4c(OC)ccc5ccccc45)O3)O[C@@H](C)O2)C[C@@H](c2ccc(C(C)(C)C)cc2)C1. The molecule has 1 saturated carbocycles. The van der Waals surface area contributed by atoms with E-state index in [1.807, 2.05) is 25.1 Å². The molecule has 2 saturated heterocycles. The van der Waals surface area contributed by atoms with Crippen molar-refractivity contribution in [2.45, 2.75) is 154 Å². The Kier molecular flexibility index (Phi) is 11.7. The van der Waals surface area contributed by atoms with Crippen LogP contribution in [0.5, 0.6) is 5.75 Å². The molecule has 0 bridgehead atoms. The number of rotatable bonds is 10. The van der Waals surface area contributed by atoms with Crippen molar-refractivity contribution >= 4 is 10.8 Å². The van der Waals surface area contributed by atoms with Crippen molar-refractivity contribution in [1.82, 2.24) is 0 Å². The van der Waals surface area contributed by atoms with Gasteiger partial charge in [0.25, 0.3) is 0 Å². The molecule has 0 aromatic heterocycles. The highest BCUT2D eigenvalue weighted by Gasteiger charge is 2.37. The van der Waals surface area contributed by atoms with Gasteiger partial charge in [-0.3, -0.25) is 0 Å². The third-order valence-corrected chi connectivity index (χ3v) is 11.3. The van der Waals surface area contributed by atoms with Crippen LogP contribution in [-0.4, -0.2) is 49.0 Å². The van der Waals surface area contributed by atoms with Crippen LogP contribution in [0.15, 0.2) is 60.7 Å². The van der Waals surface area contributed by atoms with Gasteiger partial charge in [-0.15, -0.1) is 0 Å². The Balaban J connectivity index is 1.06. The predicted molar refractivity (Wildman–Crippen MR) is 196 cm³/mol. The van der Waals surface area contributed by atoms with Crippen molar-refractivity contribution in [3.05, 3.63) is 77.4 Å². The summed E-state index contributed by atoms with van der Waals surface area (Å²) in [4.78, 5) is 0. The van der Waals surface area contributed by atoms with Crippen LogP contribution in [0.3, 0.4) is 0 Å². The van der Waals surface area contributed by atoms with E-state index < -0.39 is 6.29 Å². The molecule has 6 rings (SSSR count). The van der Waals surface area contributed by atoms with E-state index in [1.165, 1.54) is 30.4 Å². The zero-order valence-corrected chi connectivity index (χ0v) is 30.9. The molecule has 49 heavy (non-hydrogen) atoms. The first-order chi connectivity index (χ1) is 23.5. The quantitative estimate of drug-likeness (QED) is 0.231. The van der Waals surface area contributed by atoms with Crippen LogP contribution < -0.4 is 4.74 Å². The number of hydrogen-bond acceptors (Lipinski definition) is 6. The lowest BCUT2D eigenvalue weighted by Crippen LogP contribution is -2.42. The first-order valence-corrected chi connectivity index (χ1v) is 18.9. The lowest BCUT2D eigenvalue weighted by Gasteiger charge is -2.40. The number of benzene rings is 3. The fourth-order valence-electron chi connectivity index (χ4n) is 8.86. The summed E-state index contributed by atoms with van der Waals surface area (Å²) in [6.45, 7) is 13.2. The Morgan fingerprint density at radius 1 is 0.776 bits per heavy atom. The molecule has 0 amide bonds. The predicted octanol–water partition coefficient (Wildman–Crippen LogP) is 10.00. The molecule has 0 spiro atoms. The highest BCUT2D eigenvalue weighted by molar-refractivity contribution is 5.88. The lowest BCUT2D eigenvalue weighted by molar-refractivity contribution is -0.270. The zero-order chi connectivity index (χ0) is 34.7. The van der Waals surface area contributed by atoms with Crippen LogP contribution in [0.1, 0.15) is 128 Å². The molecule has 268 valence electrons. The summed E-state index contributed by atoms with van der Waals surface area (Å²) < 4.78 is 31.4. The van der Waals surface area contributed by atoms with E-state index in [1.54, 1.807) is 7.11 Å². The van der Waals surface area contributed by atoms with Gasteiger partial charge in [-0.1, -0.05) is 88.7 Å². The number of methoxy groups -OCH3 is 1. The molecular formula is C43H60O6. The number of fused-ring (bicyclic) bond motifs is 1. The van der Waals surface area contributed by atoms with Crippen molar-refractivity contribution in [3.63, 3.8) is 0 Å². The van der Waals surface area contributed by atoms with Crippen LogP contribution >= 0.6 is 0 Å². The average Bonchev–Trinajstić information content (AvgIpc) is 3.06. The second kappa shape index (κ2) is 15.8. The third kappa shape index (κ3) is 9.07. The minimum absolute atomic E-state index is 0.00841. The molecule has 6 nitrogen and oxygen atoms in total. The average molecular weight is 673 g/mol. The standard InChI is InChI=1S/C43H60O6/c1-8-29-20-30(22-33(21-29)31-13-16-34(17-14-31)43(4,5)6)23-35(44)24-37-26-38(48-28(3)47-37)25-36-19-27(2)46-42(49-36)41-39-12-10-9-11-32(39)15-18-40(41)45-7/h9-18,27-30,33,35-38,42,44H,8,19-26H2,1-7H3/t27?,28-,29?,30?,33-,35?,36?,37?,38?,42+/m0/s1. The fourth-order valence-corrected chi connectivity index (χ4v) is 8.86. The van der Waals surface area contributed by atoms with Crippen LogP contribution in [-0.2, 0) is 24.4 Å². The van der Waals surface area contributed by atoms with Crippen molar-refractivity contribution in [2.24, 2.45) is 11.8 Å². The van der Waals surface area contributed by atoms with E-state index in [2.05, 4.69) is 77.1 Å². The maximum absolute atomic E-state index is 11.4. The summed E-state index contributed by atoms with van der Waals surface area (Å²) in [6, 6.07) is 21.7. The van der Waals surface area contributed by atoms with E-state index >= 15 is 0 Å². The Bertz CT molecular complexity index is 1500. The Morgan fingerprint density at radius 3 is 2.22 bits per heavy atom. The van der Waals surface area contributed by atoms with Gasteiger partial charge in [-0.05, 0) is 104 Å². The Labute approximate surface area is 294 Å². The molecule has 3 aliphatic rings. The first-order valence-electron chi connectivity index (χ1n) is 18.9. The maximum Gasteiger partial charge on any atom is 0.188 e. The summed E-state index contributed by atoms with van der Waals surface area (Å²) in [5, 5.41) is 13.7. The molecule has 7 unspecified atom stereocenters. The second-order valence-corrected chi connectivity index (χ2v) is 16.3. The van der Waals surface area contributed by atoms with E-state index in [9.17, 15) is 5.11 Å². The summed E-state index contributed by atoms with van der Waals surface area (Å²) in [5.41, 5.74) is 3.95. The molecular weight excluding hydrogens is 612 g/mol. The number of ether oxygens (including phenoxy) is 5. The van der Waals surface area contributed by atoms with Gasteiger partial charge in [0.2, 0.25) is 0 Å². The number of aliphatic hydroxyl groups is 1. The molecule has 1 aliphatic carbocycles. The summed E-state index contributed by atoms with van der Waals surface area (Å²) >= 11 is 0. The topological polar surface area (TPSA) is 66.4 Å². The molecule has 2 heterocycles. The van der Waals surface area contributed by atoms with Gasteiger partial charge in [0, 0.05) is 12.8 Å². The molecule has 3 fully saturated rings. The molecule has 3 aromatic rings. The van der Waals surface area contributed by atoms with Crippen molar-refractivity contribution in [2.75, 3.05) is 7.11 Å². The smallest absolute Gasteiger partial charge is 0.188 e. The van der Waals surface area contributed by atoms with Gasteiger partial charge >= 0.3 is 0 Å². The zero-order valence-electron chi connectivity index (χ0n) is 30.9. The van der Waals surface area contributed by atoms with E-state index in [-0.39, 0.29) is 42.2 Å². The third-order valence-electron chi connectivity index (χ3n) is 11.3. The minimum atomic E-state index is -0.521. The highest BCUT2D eigenvalue weighted by Crippen LogP contribution is 2.44. The summed E-state index contributed by atoms with van der Waals surface area (Å²) in [6.07, 6.45) is 7.33. The molecule has 0 radical (unpaired) electrons. The van der Waals surface area contributed by atoms with Crippen molar-refractivity contribution < 1.29 is 28.8 Å². The second-order valence-electron chi connectivity index (χ2n) is 16.3. The largest absolute Gasteiger partial charge is 0.496 e. The van der Waals surface area contributed by atoms with Gasteiger partial charge < -0.3 is 28.8 Å². The van der Waals surface area contributed by atoms with Crippen molar-refractivity contribution in [1.29, 1.82) is 0 Å². The Hall–Kier alpha value is -2.48. The summed E-state index contributed by atoms with van der Waals surface area (Å²) in [5.74, 6) is 2.57. The summed E-state index contributed by atoms with van der Waals surface area (Å²) in [7, 11) is 1.70. The van der Waals surface area contributed by atoms with Crippen LogP contribution in [0.4, 0.5) is 0 Å². The van der Waals surface area contributed by atoms with E-state index in [4.69, 9.17) is 23.7 Å². The minimum Gasteiger partial charge on any atom is -0.496 e. The van der Waals surface area contributed by atoms with Gasteiger partial charge in [0.15, 0.2) is 12.6 Å². The van der Waals surface area contributed by atoms with Crippen LogP contribution in [0.2, 0.25) is 0 Å². The molecule has 6 heteroatoms. The first kappa shape index (κ1) is 36.3. The van der Waals surface area contributed by atoms with Gasteiger partial charge in [-0.25, -0.2) is 0 Å². The van der Waals surface area contributed by atoms with E-state index in [0.29, 0.717) is 24.2 Å². The Morgan fingerprint density at radius 2 is 1.49 bits per heavy atom. The van der Waals surface area contributed by atoms with E-state index in [0.717, 1.165) is 54.2 Å². The van der Waals surface area contributed by atoms with Gasteiger partial charge in [-0.2, -0.15) is 0 Å². The van der Waals surface area contributed by atoms with Gasteiger partial charge in [0.1, 0.15) is 5.75 Å². The maximum atomic E-state index is 11.4. The highest BCUT2D eigenvalue weighted by atomic mass is 16.7. The van der Waals surface area contributed by atoms with Crippen molar-refractivity contribution in [3.8, 4) is 5.75 Å². The number of aliphatic hydroxyl groups excluding tert-OH is 1. The number of hydrogen-bond donors (Lipinski definition) is 1.